The molecule has 24 heavy (non-hydrogen) atoms. The summed E-state index contributed by atoms with van der Waals surface area (Å²) in [6, 6.07) is 5.35. The van der Waals surface area contributed by atoms with Gasteiger partial charge in [0, 0.05) is 12.2 Å². The van der Waals surface area contributed by atoms with Crippen molar-refractivity contribution in [3.63, 3.8) is 0 Å². The van der Waals surface area contributed by atoms with E-state index in [1.165, 1.54) is 12.8 Å². The van der Waals surface area contributed by atoms with Gasteiger partial charge in [-0.1, -0.05) is 11.6 Å². The van der Waals surface area contributed by atoms with E-state index in [0.717, 1.165) is 18.5 Å². The fraction of sp³-hybridized carbons (Fsp3) is 0.588. The first-order chi connectivity index (χ1) is 11.0. The van der Waals surface area contributed by atoms with Crippen molar-refractivity contribution in [1.29, 1.82) is 0 Å². The number of nitrogens with two attached hydrogens (primary N) is 1. The molecule has 3 atom stereocenters. The number of hydrogen-bond donors (Lipinski definition) is 3. The lowest BCUT2D eigenvalue weighted by Gasteiger charge is -2.31. The fourth-order valence-electron chi connectivity index (χ4n) is 4.02. The van der Waals surface area contributed by atoms with Gasteiger partial charge in [0.1, 0.15) is 5.75 Å². The summed E-state index contributed by atoms with van der Waals surface area (Å²) in [5.41, 5.74) is 6.14. The van der Waals surface area contributed by atoms with Crippen molar-refractivity contribution in [2.45, 2.75) is 37.7 Å². The third-order valence-corrected chi connectivity index (χ3v) is 5.49. The van der Waals surface area contributed by atoms with E-state index in [-0.39, 0.29) is 24.0 Å². The lowest BCUT2D eigenvalue weighted by Crippen LogP contribution is -2.36. The highest BCUT2D eigenvalue weighted by Gasteiger charge is 2.49. The summed E-state index contributed by atoms with van der Waals surface area (Å²) in [5, 5.41) is 14.2. The molecule has 0 radical (unpaired) electrons. The predicted octanol–water partition coefficient (Wildman–Crippen LogP) is 3.63. The van der Waals surface area contributed by atoms with Crippen LogP contribution >= 0.6 is 35.6 Å². The van der Waals surface area contributed by atoms with Gasteiger partial charge in [-0.3, -0.25) is 4.99 Å². The lowest BCUT2D eigenvalue weighted by molar-refractivity contribution is -0.0181. The van der Waals surface area contributed by atoms with Crippen LogP contribution in [0.3, 0.4) is 0 Å². The van der Waals surface area contributed by atoms with Crippen molar-refractivity contribution in [3.05, 3.63) is 23.2 Å². The molecule has 2 aliphatic rings. The van der Waals surface area contributed by atoms with E-state index in [4.69, 9.17) is 22.1 Å². The van der Waals surface area contributed by atoms with Crippen molar-refractivity contribution in [2.75, 3.05) is 19.0 Å². The molecule has 134 valence electrons. The number of ether oxygens (including phenoxy) is 1. The maximum atomic E-state index is 10.7. The van der Waals surface area contributed by atoms with Crippen LogP contribution in [0.5, 0.6) is 5.75 Å². The van der Waals surface area contributed by atoms with Gasteiger partial charge in [-0.2, -0.15) is 0 Å². The molecule has 4 N–H and O–H groups in total. The first-order valence-electron chi connectivity index (χ1n) is 8.13. The third kappa shape index (κ3) is 4.26. The first-order valence-corrected chi connectivity index (χ1v) is 8.51. The third-order valence-electron chi connectivity index (χ3n) is 5.19. The van der Waals surface area contributed by atoms with E-state index in [1.807, 2.05) is 6.07 Å². The minimum Gasteiger partial charge on any atom is -0.495 e. The molecule has 2 saturated carbocycles. The summed E-state index contributed by atoms with van der Waals surface area (Å²) in [5.74, 6) is 2.12. The first kappa shape index (κ1) is 19.6. The van der Waals surface area contributed by atoms with Crippen molar-refractivity contribution in [2.24, 2.45) is 22.6 Å². The Labute approximate surface area is 165 Å². The van der Waals surface area contributed by atoms with Crippen molar-refractivity contribution in [1.82, 2.24) is 0 Å². The van der Waals surface area contributed by atoms with Crippen LogP contribution in [0.4, 0.5) is 5.69 Å². The van der Waals surface area contributed by atoms with Crippen molar-refractivity contribution >= 4 is 47.2 Å². The molecule has 3 unspecified atom stereocenters. The average Bonchev–Trinajstić information content (AvgIpc) is 3.07. The summed E-state index contributed by atoms with van der Waals surface area (Å²) >= 11 is 6.08. The number of rotatable bonds is 5. The number of fused-ring (bicyclic) bond motifs is 2. The van der Waals surface area contributed by atoms with Gasteiger partial charge in [-0.25, -0.2) is 0 Å². The zero-order valence-electron chi connectivity index (χ0n) is 13.8. The smallest absolute Gasteiger partial charge is 0.193 e. The minimum absolute atomic E-state index is 0. The molecule has 2 fully saturated rings. The number of guanidine groups is 1. The molecule has 0 heterocycles. The van der Waals surface area contributed by atoms with Gasteiger partial charge in [0.15, 0.2) is 5.96 Å². The van der Waals surface area contributed by atoms with Crippen LogP contribution in [0, 0.1) is 11.8 Å². The number of benzene rings is 1. The molecule has 0 aliphatic heterocycles. The van der Waals surface area contributed by atoms with Gasteiger partial charge in [0.2, 0.25) is 0 Å². The Bertz CT molecular complexity index is 613. The SMILES string of the molecule is COc1ccc(NC(N)=NCCC2(O)CC3CCC2C3)cc1Cl.I. The van der Waals surface area contributed by atoms with E-state index in [2.05, 4.69) is 10.3 Å². The van der Waals surface area contributed by atoms with Crippen LogP contribution in [-0.4, -0.2) is 30.3 Å². The molecule has 0 amide bonds. The number of halogens is 2. The predicted molar refractivity (Wildman–Crippen MR) is 109 cm³/mol. The fourth-order valence-corrected chi connectivity index (χ4v) is 4.28. The van der Waals surface area contributed by atoms with Crippen LogP contribution in [0.1, 0.15) is 32.1 Å². The van der Waals surface area contributed by atoms with E-state index in [0.29, 0.717) is 41.5 Å². The van der Waals surface area contributed by atoms with Crippen molar-refractivity contribution < 1.29 is 9.84 Å². The number of nitrogens with one attached hydrogen (secondary N) is 1. The highest BCUT2D eigenvalue weighted by Crippen LogP contribution is 2.52. The number of methoxy groups -OCH3 is 1. The van der Waals surface area contributed by atoms with E-state index in [9.17, 15) is 5.11 Å². The molecule has 0 saturated heterocycles. The number of anilines is 1. The molecule has 0 spiro atoms. The Morgan fingerprint density at radius 2 is 2.29 bits per heavy atom. The lowest BCUT2D eigenvalue weighted by atomic mass is 9.82. The summed E-state index contributed by atoms with van der Waals surface area (Å²) in [6.45, 7) is 0.530. The van der Waals surface area contributed by atoms with Crippen LogP contribution in [0.15, 0.2) is 23.2 Å². The standard InChI is InChI=1S/C17H24ClN3O2.HI/c1-23-15-5-4-13(9-14(15)18)21-16(19)20-7-6-17(22)10-11-2-3-12(17)8-11;/h4-5,9,11-12,22H,2-3,6-8,10H2,1H3,(H3,19,20,21);1H. The van der Waals surface area contributed by atoms with Crippen LogP contribution in [0.25, 0.3) is 0 Å². The number of aliphatic imine (C=N–C) groups is 1. The second-order valence-electron chi connectivity index (χ2n) is 6.67. The number of aliphatic hydroxyl groups is 1. The van der Waals surface area contributed by atoms with Gasteiger partial charge < -0.3 is 20.9 Å². The normalized spacial score (nSPS) is 28.5. The zero-order chi connectivity index (χ0) is 16.4. The molecule has 2 aliphatic carbocycles. The second kappa shape index (κ2) is 8.10. The average molecular weight is 466 g/mol. The van der Waals surface area contributed by atoms with Gasteiger partial charge in [0.05, 0.1) is 17.7 Å². The molecule has 2 bridgehead atoms. The molecular formula is C17H25ClIN3O2. The van der Waals surface area contributed by atoms with Crippen molar-refractivity contribution in [3.8, 4) is 5.75 Å². The Hall–Kier alpha value is -0.730. The van der Waals surface area contributed by atoms with Gasteiger partial charge in [-0.15, -0.1) is 24.0 Å². The summed E-state index contributed by atoms with van der Waals surface area (Å²) in [6.07, 6.45) is 5.22. The van der Waals surface area contributed by atoms with Crippen LogP contribution in [-0.2, 0) is 0 Å². The quantitative estimate of drug-likeness (QED) is 0.352. The largest absolute Gasteiger partial charge is 0.495 e. The summed E-state index contributed by atoms with van der Waals surface area (Å²) < 4.78 is 5.11. The second-order valence-corrected chi connectivity index (χ2v) is 7.08. The van der Waals surface area contributed by atoms with Crippen LogP contribution < -0.4 is 15.8 Å². The molecule has 0 aromatic heterocycles. The zero-order valence-corrected chi connectivity index (χ0v) is 16.9. The topological polar surface area (TPSA) is 79.9 Å². The Morgan fingerprint density at radius 1 is 1.50 bits per heavy atom. The Kier molecular flexibility index (Phi) is 6.61. The number of nitrogens with zero attached hydrogens (tertiary/aromatic N) is 1. The summed E-state index contributed by atoms with van der Waals surface area (Å²) in [7, 11) is 1.57. The maximum absolute atomic E-state index is 10.7. The highest BCUT2D eigenvalue weighted by molar-refractivity contribution is 14.0. The maximum Gasteiger partial charge on any atom is 0.193 e. The van der Waals surface area contributed by atoms with E-state index in [1.54, 1.807) is 19.2 Å². The number of hydrogen-bond acceptors (Lipinski definition) is 3. The van der Waals surface area contributed by atoms with Gasteiger partial charge >= 0.3 is 0 Å². The molecular weight excluding hydrogens is 441 g/mol. The van der Waals surface area contributed by atoms with E-state index < -0.39 is 5.60 Å². The monoisotopic (exact) mass is 465 g/mol. The Balaban J connectivity index is 0.00000208. The molecule has 5 nitrogen and oxygen atoms in total. The highest BCUT2D eigenvalue weighted by atomic mass is 127. The molecule has 3 rings (SSSR count). The van der Waals surface area contributed by atoms with Crippen LogP contribution in [0.2, 0.25) is 5.02 Å². The summed E-state index contributed by atoms with van der Waals surface area (Å²) in [4.78, 5) is 4.33. The molecule has 1 aromatic rings. The molecule has 1 aromatic carbocycles. The van der Waals surface area contributed by atoms with Gasteiger partial charge in [0.25, 0.3) is 0 Å². The van der Waals surface area contributed by atoms with E-state index >= 15 is 0 Å². The minimum atomic E-state index is -0.532. The molecule has 7 heteroatoms. The Morgan fingerprint density at radius 3 is 2.88 bits per heavy atom. The van der Waals surface area contributed by atoms with Gasteiger partial charge in [-0.05, 0) is 62.1 Å².